The van der Waals surface area contributed by atoms with Crippen molar-refractivity contribution >= 4 is 23.2 Å². The number of aryl methyl sites for hydroxylation is 1. The van der Waals surface area contributed by atoms with Crippen molar-refractivity contribution in [2.75, 3.05) is 5.32 Å². The van der Waals surface area contributed by atoms with E-state index in [1.54, 1.807) is 18.3 Å². The summed E-state index contributed by atoms with van der Waals surface area (Å²) in [5.74, 6) is 0.373. The number of halogens is 1. The molecule has 0 aliphatic heterocycles. The highest BCUT2D eigenvalue weighted by molar-refractivity contribution is 6.29. The standard InChI is InChI=1S/C11H8ClN5/c1-7-9(4-8(5-13)6-15-7)16-11-14-3-2-10(12)17-11/h2-4,6H,1H3,(H,14,16,17). The van der Waals surface area contributed by atoms with Crippen LogP contribution in [0, 0.1) is 18.3 Å². The highest BCUT2D eigenvalue weighted by atomic mass is 35.5. The van der Waals surface area contributed by atoms with Crippen molar-refractivity contribution < 1.29 is 0 Å². The van der Waals surface area contributed by atoms with Gasteiger partial charge in [0.15, 0.2) is 0 Å². The van der Waals surface area contributed by atoms with Gasteiger partial charge in [-0.05, 0) is 19.1 Å². The number of nitriles is 1. The molecule has 0 atom stereocenters. The molecular weight excluding hydrogens is 238 g/mol. The van der Waals surface area contributed by atoms with Gasteiger partial charge in [0.2, 0.25) is 5.95 Å². The van der Waals surface area contributed by atoms with Gasteiger partial charge in [0.25, 0.3) is 0 Å². The molecule has 0 unspecified atom stereocenters. The third-order valence-electron chi connectivity index (χ3n) is 2.08. The van der Waals surface area contributed by atoms with Gasteiger partial charge in [-0.3, -0.25) is 4.98 Å². The van der Waals surface area contributed by atoms with Gasteiger partial charge in [0.05, 0.1) is 16.9 Å². The van der Waals surface area contributed by atoms with Crippen LogP contribution in [0.4, 0.5) is 11.6 Å². The summed E-state index contributed by atoms with van der Waals surface area (Å²) in [5.41, 5.74) is 1.92. The van der Waals surface area contributed by atoms with E-state index in [1.165, 1.54) is 6.20 Å². The maximum absolute atomic E-state index is 8.79. The Morgan fingerprint density at radius 1 is 1.41 bits per heavy atom. The molecule has 0 saturated heterocycles. The van der Waals surface area contributed by atoms with Crippen LogP contribution < -0.4 is 5.32 Å². The lowest BCUT2D eigenvalue weighted by Crippen LogP contribution is -2.00. The Morgan fingerprint density at radius 3 is 2.94 bits per heavy atom. The largest absolute Gasteiger partial charge is 0.322 e. The van der Waals surface area contributed by atoms with E-state index >= 15 is 0 Å². The molecule has 0 aliphatic carbocycles. The highest BCUT2D eigenvalue weighted by Crippen LogP contribution is 2.18. The minimum atomic E-state index is 0.351. The van der Waals surface area contributed by atoms with Crippen LogP contribution in [0.2, 0.25) is 5.15 Å². The molecule has 0 amide bonds. The second-order valence-corrected chi connectivity index (χ2v) is 3.68. The van der Waals surface area contributed by atoms with Crippen molar-refractivity contribution in [2.45, 2.75) is 6.92 Å². The van der Waals surface area contributed by atoms with Crippen LogP contribution in [-0.4, -0.2) is 15.0 Å². The van der Waals surface area contributed by atoms with Crippen molar-refractivity contribution in [2.24, 2.45) is 0 Å². The topological polar surface area (TPSA) is 74.5 Å². The van der Waals surface area contributed by atoms with Gasteiger partial charge < -0.3 is 5.32 Å². The lowest BCUT2D eigenvalue weighted by Gasteiger charge is -2.07. The number of aromatic nitrogens is 3. The third-order valence-corrected chi connectivity index (χ3v) is 2.29. The normalized spacial score (nSPS) is 9.71. The molecule has 2 heterocycles. The molecule has 0 aromatic carbocycles. The lowest BCUT2D eigenvalue weighted by molar-refractivity contribution is 1.14. The van der Waals surface area contributed by atoms with Crippen LogP contribution in [0.1, 0.15) is 11.3 Å². The maximum Gasteiger partial charge on any atom is 0.228 e. The fourth-order valence-electron chi connectivity index (χ4n) is 1.24. The Balaban J connectivity index is 2.33. The summed E-state index contributed by atoms with van der Waals surface area (Å²) in [5, 5.41) is 12.1. The summed E-state index contributed by atoms with van der Waals surface area (Å²) in [7, 11) is 0. The Hall–Kier alpha value is -2.19. The summed E-state index contributed by atoms with van der Waals surface area (Å²) in [6, 6.07) is 5.30. The first-order valence-corrected chi connectivity index (χ1v) is 5.19. The fraction of sp³-hybridized carbons (Fsp3) is 0.0909. The molecule has 1 N–H and O–H groups in total. The first-order chi connectivity index (χ1) is 8.19. The monoisotopic (exact) mass is 245 g/mol. The minimum Gasteiger partial charge on any atom is -0.322 e. The van der Waals surface area contributed by atoms with Crippen molar-refractivity contribution in [1.29, 1.82) is 5.26 Å². The highest BCUT2D eigenvalue weighted by Gasteiger charge is 2.04. The number of nitrogens with one attached hydrogen (secondary N) is 1. The molecule has 0 spiro atoms. The SMILES string of the molecule is Cc1ncc(C#N)cc1Nc1nccc(Cl)n1. The van der Waals surface area contributed by atoms with Gasteiger partial charge in [0.1, 0.15) is 11.2 Å². The molecule has 0 radical (unpaired) electrons. The summed E-state index contributed by atoms with van der Waals surface area (Å²) in [6.07, 6.45) is 3.06. The zero-order valence-electron chi connectivity index (χ0n) is 8.98. The van der Waals surface area contributed by atoms with Crippen LogP contribution in [0.15, 0.2) is 24.5 Å². The van der Waals surface area contributed by atoms with Crippen molar-refractivity contribution in [3.05, 3.63) is 40.9 Å². The maximum atomic E-state index is 8.79. The quantitative estimate of drug-likeness (QED) is 0.823. The molecule has 17 heavy (non-hydrogen) atoms. The van der Waals surface area contributed by atoms with Crippen LogP contribution in [0.3, 0.4) is 0 Å². The van der Waals surface area contributed by atoms with Crippen molar-refractivity contribution in [1.82, 2.24) is 15.0 Å². The molecule has 0 fully saturated rings. The first-order valence-electron chi connectivity index (χ1n) is 4.81. The molecular formula is C11H8ClN5. The molecule has 2 rings (SSSR count). The summed E-state index contributed by atoms with van der Waals surface area (Å²) < 4.78 is 0. The van der Waals surface area contributed by atoms with E-state index in [9.17, 15) is 0 Å². The average Bonchev–Trinajstić information content (AvgIpc) is 2.32. The Bertz CT molecular complexity index is 591. The molecule has 0 aliphatic rings. The second kappa shape index (κ2) is 4.76. The van der Waals surface area contributed by atoms with Crippen LogP contribution in [-0.2, 0) is 0 Å². The third kappa shape index (κ3) is 2.68. The smallest absolute Gasteiger partial charge is 0.228 e. The summed E-state index contributed by atoms with van der Waals surface area (Å²) in [6.45, 7) is 1.83. The first kappa shape index (κ1) is 11.3. The van der Waals surface area contributed by atoms with E-state index < -0.39 is 0 Å². The number of pyridine rings is 1. The van der Waals surface area contributed by atoms with Crippen LogP contribution in [0.25, 0.3) is 0 Å². The molecule has 6 heteroatoms. The van der Waals surface area contributed by atoms with Crippen LogP contribution in [0.5, 0.6) is 0 Å². The van der Waals surface area contributed by atoms with E-state index in [1.807, 2.05) is 13.0 Å². The Kier molecular flexibility index (Phi) is 3.17. The molecule has 0 saturated carbocycles. The number of hydrogen-bond donors (Lipinski definition) is 1. The molecule has 2 aromatic rings. The van der Waals surface area contributed by atoms with E-state index in [-0.39, 0.29) is 0 Å². The number of nitrogens with zero attached hydrogens (tertiary/aromatic N) is 4. The fourth-order valence-corrected chi connectivity index (χ4v) is 1.37. The summed E-state index contributed by atoms with van der Waals surface area (Å²) >= 11 is 5.75. The predicted molar refractivity (Wildman–Crippen MR) is 64.0 cm³/mol. The van der Waals surface area contributed by atoms with E-state index in [4.69, 9.17) is 16.9 Å². The van der Waals surface area contributed by atoms with E-state index in [0.29, 0.717) is 22.4 Å². The lowest BCUT2D eigenvalue weighted by atomic mass is 10.2. The van der Waals surface area contributed by atoms with Crippen molar-refractivity contribution in [3.8, 4) is 6.07 Å². The predicted octanol–water partition coefficient (Wildman–Crippen LogP) is 2.45. The Morgan fingerprint density at radius 2 is 2.24 bits per heavy atom. The minimum absolute atomic E-state index is 0.351. The molecule has 2 aromatic heterocycles. The van der Waals surface area contributed by atoms with Gasteiger partial charge in [-0.15, -0.1) is 0 Å². The Labute approximate surface area is 103 Å². The molecule has 84 valence electrons. The summed E-state index contributed by atoms with van der Waals surface area (Å²) in [4.78, 5) is 12.1. The van der Waals surface area contributed by atoms with Gasteiger partial charge in [-0.2, -0.15) is 5.26 Å². The van der Waals surface area contributed by atoms with Crippen LogP contribution >= 0.6 is 11.6 Å². The zero-order valence-corrected chi connectivity index (χ0v) is 9.73. The second-order valence-electron chi connectivity index (χ2n) is 3.30. The van der Waals surface area contributed by atoms with Gasteiger partial charge in [-0.25, -0.2) is 9.97 Å². The van der Waals surface area contributed by atoms with E-state index in [2.05, 4.69) is 20.3 Å². The van der Waals surface area contributed by atoms with Gasteiger partial charge in [0, 0.05) is 12.4 Å². The van der Waals surface area contributed by atoms with Gasteiger partial charge >= 0.3 is 0 Å². The van der Waals surface area contributed by atoms with E-state index in [0.717, 1.165) is 5.69 Å². The molecule has 5 nitrogen and oxygen atoms in total. The number of anilines is 2. The molecule has 0 bridgehead atoms. The number of hydrogen-bond acceptors (Lipinski definition) is 5. The zero-order chi connectivity index (χ0) is 12.3. The average molecular weight is 246 g/mol. The number of rotatable bonds is 2. The van der Waals surface area contributed by atoms with Crippen molar-refractivity contribution in [3.63, 3.8) is 0 Å². The van der Waals surface area contributed by atoms with Gasteiger partial charge in [-0.1, -0.05) is 11.6 Å².